The first-order chi connectivity index (χ1) is 7.90. The number of nitrogens with two attached hydrogens (primary N) is 1. The molecule has 1 heterocycles. The molecule has 3 N–H and O–H groups in total. The van der Waals surface area contributed by atoms with E-state index in [0.29, 0.717) is 24.0 Å². The van der Waals surface area contributed by atoms with E-state index in [4.69, 9.17) is 10.5 Å². The fraction of sp³-hybridized carbons (Fsp3) is 0.667. The highest BCUT2D eigenvalue weighted by molar-refractivity contribution is 5.66. The number of nitrogens with one attached hydrogen (secondary N) is 1. The maximum Gasteiger partial charge on any atom is 0.242 e. The van der Waals surface area contributed by atoms with Crippen molar-refractivity contribution >= 4 is 11.5 Å². The van der Waals surface area contributed by atoms with Gasteiger partial charge in [-0.3, -0.25) is 0 Å². The van der Waals surface area contributed by atoms with E-state index in [0.717, 1.165) is 12.2 Å². The Balaban J connectivity index is 3.19. The van der Waals surface area contributed by atoms with E-state index < -0.39 is 0 Å². The zero-order valence-corrected chi connectivity index (χ0v) is 11.3. The minimum absolute atomic E-state index is 0.135. The molecule has 0 saturated heterocycles. The van der Waals surface area contributed by atoms with E-state index in [1.54, 1.807) is 7.05 Å². The molecule has 0 aromatic carbocycles. The lowest BCUT2D eigenvalue weighted by atomic mass is 9.96. The van der Waals surface area contributed by atoms with Gasteiger partial charge in [-0.25, -0.2) is 4.98 Å². The fourth-order valence-electron chi connectivity index (χ4n) is 1.28. The van der Waals surface area contributed by atoms with Gasteiger partial charge in [-0.05, 0) is 6.42 Å². The summed E-state index contributed by atoms with van der Waals surface area (Å²) in [7, 11) is 1.79. The fourth-order valence-corrected chi connectivity index (χ4v) is 1.28. The molecule has 0 unspecified atom stereocenters. The van der Waals surface area contributed by atoms with Crippen LogP contribution >= 0.6 is 0 Å². The molecule has 0 aliphatic rings. The smallest absolute Gasteiger partial charge is 0.242 e. The third-order valence-corrected chi connectivity index (χ3v) is 2.26. The van der Waals surface area contributed by atoms with Crippen LogP contribution in [0.1, 0.15) is 39.9 Å². The number of nitrogen functional groups attached to an aromatic ring is 1. The van der Waals surface area contributed by atoms with E-state index in [1.807, 2.05) is 6.92 Å². The van der Waals surface area contributed by atoms with E-state index in [9.17, 15) is 0 Å². The van der Waals surface area contributed by atoms with Gasteiger partial charge in [0.05, 0.1) is 6.61 Å². The molecule has 0 saturated carbocycles. The third-order valence-electron chi connectivity index (χ3n) is 2.26. The van der Waals surface area contributed by atoms with Crippen LogP contribution in [-0.2, 0) is 5.41 Å². The summed E-state index contributed by atoms with van der Waals surface area (Å²) in [5.74, 6) is 1.81. The minimum Gasteiger partial charge on any atom is -0.476 e. The molecule has 1 aromatic heterocycles. The minimum atomic E-state index is -0.135. The van der Waals surface area contributed by atoms with Crippen molar-refractivity contribution in [2.75, 3.05) is 24.7 Å². The molecule has 0 fully saturated rings. The van der Waals surface area contributed by atoms with Gasteiger partial charge < -0.3 is 15.8 Å². The molecule has 0 atom stereocenters. The molecule has 1 aromatic rings. The highest BCUT2D eigenvalue weighted by Crippen LogP contribution is 2.30. The molecule has 17 heavy (non-hydrogen) atoms. The van der Waals surface area contributed by atoms with Gasteiger partial charge in [0, 0.05) is 12.5 Å². The normalized spacial score (nSPS) is 11.4. The number of nitrogens with zero attached hydrogens (tertiary/aromatic N) is 2. The van der Waals surface area contributed by atoms with Crippen molar-refractivity contribution in [3.63, 3.8) is 0 Å². The second-order valence-electron chi connectivity index (χ2n) is 4.96. The van der Waals surface area contributed by atoms with Crippen molar-refractivity contribution < 1.29 is 4.74 Å². The Morgan fingerprint density at radius 2 is 1.94 bits per heavy atom. The molecule has 0 spiro atoms. The molecular formula is C12H22N4O. The first kappa shape index (κ1) is 13.5. The summed E-state index contributed by atoms with van der Waals surface area (Å²) in [4.78, 5) is 8.79. The number of aromatic nitrogens is 2. The summed E-state index contributed by atoms with van der Waals surface area (Å²) in [5.41, 5.74) is 6.27. The Labute approximate surface area is 103 Å². The molecule has 0 radical (unpaired) electrons. The Hall–Kier alpha value is -1.52. The lowest BCUT2D eigenvalue weighted by Gasteiger charge is -2.19. The van der Waals surface area contributed by atoms with E-state index in [2.05, 4.69) is 36.1 Å². The lowest BCUT2D eigenvalue weighted by Crippen LogP contribution is -2.19. The van der Waals surface area contributed by atoms with Gasteiger partial charge in [-0.2, -0.15) is 4.98 Å². The maximum absolute atomic E-state index is 5.93. The SMILES string of the molecule is CCCOc1nc(C(C)(C)C)nc(NC)c1N. The average molecular weight is 238 g/mol. The average Bonchev–Trinajstić information content (AvgIpc) is 2.26. The predicted octanol–water partition coefficient (Wildman–Crippen LogP) is 2.19. The molecule has 5 heteroatoms. The highest BCUT2D eigenvalue weighted by atomic mass is 16.5. The summed E-state index contributed by atoms with van der Waals surface area (Å²) in [5, 5.41) is 2.97. The van der Waals surface area contributed by atoms with Crippen molar-refractivity contribution in [3.05, 3.63) is 5.82 Å². The summed E-state index contributed by atoms with van der Waals surface area (Å²) in [6.07, 6.45) is 0.920. The molecule has 0 aliphatic heterocycles. The second-order valence-corrected chi connectivity index (χ2v) is 4.96. The van der Waals surface area contributed by atoms with Gasteiger partial charge in [0.2, 0.25) is 5.88 Å². The third kappa shape index (κ3) is 3.22. The molecule has 5 nitrogen and oxygen atoms in total. The number of hydrogen-bond donors (Lipinski definition) is 2. The number of ether oxygens (including phenoxy) is 1. The number of anilines is 2. The molecule has 0 aliphatic carbocycles. The van der Waals surface area contributed by atoms with Crippen LogP contribution in [0.25, 0.3) is 0 Å². The Bertz CT molecular complexity index is 385. The van der Waals surface area contributed by atoms with Crippen LogP contribution in [0.3, 0.4) is 0 Å². The number of rotatable bonds is 4. The van der Waals surface area contributed by atoms with Crippen LogP contribution in [0, 0.1) is 0 Å². The van der Waals surface area contributed by atoms with Gasteiger partial charge in [0.15, 0.2) is 5.82 Å². The summed E-state index contributed by atoms with van der Waals surface area (Å²) in [6.45, 7) is 8.82. The highest BCUT2D eigenvalue weighted by Gasteiger charge is 2.21. The van der Waals surface area contributed by atoms with Crippen LogP contribution in [0.2, 0.25) is 0 Å². The molecule has 1 rings (SSSR count). The standard InChI is InChI=1S/C12H22N4O/c1-6-7-17-10-8(13)9(14-5)15-11(16-10)12(2,3)4/h6-7,13H2,1-5H3,(H,14,15,16). The van der Waals surface area contributed by atoms with Gasteiger partial charge in [0.1, 0.15) is 11.5 Å². The zero-order valence-electron chi connectivity index (χ0n) is 11.3. The van der Waals surface area contributed by atoms with E-state index in [1.165, 1.54) is 0 Å². The molecule has 0 bridgehead atoms. The van der Waals surface area contributed by atoms with Crippen molar-refractivity contribution in [2.24, 2.45) is 0 Å². The first-order valence-electron chi connectivity index (χ1n) is 5.88. The van der Waals surface area contributed by atoms with Gasteiger partial charge in [0.25, 0.3) is 0 Å². The first-order valence-corrected chi connectivity index (χ1v) is 5.88. The van der Waals surface area contributed by atoms with Crippen LogP contribution < -0.4 is 15.8 Å². The molecule has 0 amide bonds. The predicted molar refractivity (Wildman–Crippen MR) is 70.5 cm³/mol. The van der Waals surface area contributed by atoms with Crippen molar-refractivity contribution in [2.45, 2.75) is 39.5 Å². The number of hydrogen-bond acceptors (Lipinski definition) is 5. The molecular weight excluding hydrogens is 216 g/mol. The topological polar surface area (TPSA) is 73.1 Å². The van der Waals surface area contributed by atoms with Crippen LogP contribution in [0.4, 0.5) is 11.5 Å². The monoisotopic (exact) mass is 238 g/mol. The van der Waals surface area contributed by atoms with Crippen molar-refractivity contribution in [3.8, 4) is 5.88 Å². The maximum atomic E-state index is 5.93. The largest absolute Gasteiger partial charge is 0.476 e. The van der Waals surface area contributed by atoms with Gasteiger partial charge in [-0.15, -0.1) is 0 Å². The van der Waals surface area contributed by atoms with E-state index >= 15 is 0 Å². The summed E-state index contributed by atoms with van der Waals surface area (Å²) >= 11 is 0. The van der Waals surface area contributed by atoms with Crippen LogP contribution in [-0.4, -0.2) is 23.6 Å². The summed E-state index contributed by atoms with van der Waals surface area (Å²) < 4.78 is 5.55. The van der Waals surface area contributed by atoms with Crippen molar-refractivity contribution in [1.29, 1.82) is 0 Å². The van der Waals surface area contributed by atoms with Gasteiger partial charge in [-0.1, -0.05) is 27.7 Å². The van der Waals surface area contributed by atoms with Crippen LogP contribution in [0.15, 0.2) is 0 Å². The Morgan fingerprint density at radius 1 is 1.29 bits per heavy atom. The van der Waals surface area contributed by atoms with Crippen LogP contribution in [0.5, 0.6) is 5.88 Å². The lowest BCUT2D eigenvalue weighted by molar-refractivity contribution is 0.303. The Kier molecular flexibility index (Phi) is 4.15. The second kappa shape index (κ2) is 5.21. The van der Waals surface area contributed by atoms with Gasteiger partial charge >= 0.3 is 0 Å². The van der Waals surface area contributed by atoms with E-state index in [-0.39, 0.29) is 5.41 Å². The van der Waals surface area contributed by atoms with Crippen molar-refractivity contribution in [1.82, 2.24) is 9.97 Å². The Morgan fingerprint density at radius 3 is 2.41 bits per heavy atom. The zero-order chi connectivity index (χ0) is 13.1. The summed E-state index contributed by atoms with van der Waals surface area (Å²) in [6, 6.07) is 0. The quantitative estimate of drug-likeness (QED) is 0.841. The molecule has 96 valence electrons.